The van der Waals surface area contributed by atoms with Crippen LogP contribution in [0.4, 0.5) is 5.69 Å². The second-order valence-corrected chi connectivity index (χ2v) is 7.76. The van der Waals surface area contributed by atoms with Crippen LogP contribution >= 0.6 is 35.3 Å². The third-order valence-corrected chi connectivity index (χ3v) is 5.67. The van der Waals surface area contributed by atoms with E-state index in [1.807, 2.05) is 19.1 Å². The molecule has 0 unspecified atom stereocenters. The predicted octanol–water partition coefficient (Wildman–Crippen LogP) is 3.32. The van der Waals surface area contributed by atoms with E-state index in [1.54, 1.807) is 15.9 Å². The summed E-state index contributed by atoms with van der Waals surface area (Å²) in [5.74, 6) is 0.232. The van der Waals surface area contributed by atoms with Crippen LogP contribution in [0.2, 0.25) is 5.02 Å². The van der Waals surface area contributed by atoms with E-state index >= 15 is 0 Å². The second-order valence-electron chi connectivity index (χ2n) is 6.07. The summed E-state index contributed by atoms with van der Waals surface area (Å²) in [5, 5.41) is 0.316. The van der Waals surface area contributed by atoms with E-state index < -0.39 is 0 Å². The normalized spacial score (nSPS) is 13.9. The lowest BCUT2D eigenvalue weighted by atomic mass is 10.1. The second kappa shape index (κ2) is 8.82. The number of aryl methyl sites for hydroxylation is 1. The van der Waals surface area contributed by atoms with Crippen molar-refractivity contribution >= 4 is 52.8 Å². The fourth-order valence-electron chi connectivity index (χ4n) is 2.89. The van der Waals surface area contributed by atoms with Gasteiger partial charge in [-0.1, -0.05) is 11.6 Å². The Kier molecular flexibility index (Phi) is 6.97. The molecule has 2 N–H and O–H groups in total. The Morgan fingerprint density at radius 3 is 2.22 bits per heavy atom. The first-order valence-corrected chi connectivity index (χ1v) is 9.38. The van der Waals surface area contributed by atoms with Crippen molar-refractivity contribution in [3.8, 4) is 5.75 Å². The van der Waals surface area contributed by atoms with Crippen molar-refractivity contribution in [1.29, 1.82) is 0 Å². The standard InChI is InChI=1S/C18H20ClN3O3S.ClH/c1-11-3-4-16(26-11)18(24)22-7-5-21(6-8-22)17(23)12-9-13(19)14(20)10-15(12)25-2;/h3-4,9-10H,5-8,20H2,1-2H3;1H. The number of thiophene rings is 1. The number of carbonyl (C=O) groups excluding carboxylic acids is 2. The highest BCUT2D eigenvalue weighted by atomic mass is 35.5. The highest BCUT2D eigenvalue weighted by Crippen LogP contribution is 2.30. The van der Waals surface area contributed by atoms with E-state index in [2.05, 4.69) is 0 Å². The fraction of sp³-hybridized carbons (Fsp3) is 0.333. The third kappa shape index (κ3) is 4.48. The minimum atomic E-state index is -0.178. The lowest BCUT2D eigenvalue weighted by Crippen LogP contribution is -2.50. The lowest BCUT2D eigenvalue weighted by molar-refractivity contribution is 0.0536. The molecule has 3 rings (SSSR count). The number of nitrogens with two attached hydrogens (primary N) is 1. The number of hydrogen-bond acceptors (Lipinski definition) is 5. The first-order chi connectivity index (χ1) is 12.4. The first kappa shape index (κ1) is 21.3. The van der Waals surface area contributed by atoms with Crippen LogP contribution in [0.5, 0.6) is 5.75 Å². The summed E-state index contributed by atoms with van der Waals surface area (Å²) in [7, 11) is 1.49. The Hall–Kier alpha value is -1.96. The molecular weight excluding hydrogens is 409 g/mol. The molecule has 27 heavy (non-hydrogen) atoms. The molecule has 146 valence electrons. The number of benzene rings is 1. The summed E-state index contributed by atoms with van der Waals surface area (Å²) < 4.78 is 5.26. The van der Waals surface area contributed by atoms with E-state index in [9.17, 15) is 9.59 Å². The molecular formula is C18H21Cl2N3O3S. The average molecular weight is 430 g/mol. The molecule has 0 saturated carbocycles. The van der Waals surface area contributed by atoms with Crippen LogP contribution in [-0.2, 0) is 0 Å². The van der Waals surface area contributed by atoms with Crippen molar-refractivity contribution in [2.75, 3.05) is 39.0 Å². The number of nitrogen functional groups attached to an aromatic ring is 1. The van der Waals surface area contributed by atoms with Gasteiger partial charge in [0, 0.05) is 37.1 Å². The number of hydrogen-bond donors (Lipinski definition) is 1. The minimum absolute atomic E-state index is 0. The van der Waals surface area contributed by atoms with Crippen molar-refractivity contribution in [1.82, 2.24) is 9.80 Å². The molecule has 1 saturated heterocycles. The summed E-state index contributed by atoms with van der Waals surface area (Å²) in [5.41, 5.74) is 6.51. The number of carbonyl (C=O) groups is 2. The Bertz CT molecular complexity index is 848. The minimum Gasteiger partial charge on any atom is -0.496 e. The third-order valence-electron chi connectivity index (χ3n) is 4.35. The summed E-state index contributed by atoms with van der Waals surface area (Å²) >= 11 is 7.54. The fourth-order valence-corrected chi connectivity index (χ4v) is 3.89. The van der Waals surface area contributed by atoms with Crippen LogP contribution in [-0.4, -0.2) is 54.9 Å². The molecule has 2 heterocycles. The largest absolute Gasteiger partial charge is 0.496 e. The number of halogens is 2. The molecule has 2 amide bonds. The van der Waals surface area contributed by atoms with Crippen molar-refractivity contribution in [3.05, 3.63) is 44.6 Å². The molecule has 0 aliphatic carbocycles. The van der Waals surface area contributed by atoms with Gasteiger partial charge in [0.1, 0.15) is 5.75 Å². The number of nitrogens with zero attached hydrogens (tertiary/aromatic N) is 2. The van der Waals surface area contributed by atoms with Gasteiger partial charge in [0.2, 0.25) is 0 Å². The Balaban J connectivity index is 0.00000261. The maximum atomic E-state index is 12.8. The van der Waals surface area contributed by atoms with Crippen molar-refractivity contribution in [2.45, 2.75) is 6.92 Å². The molecule has 2 aromatic rings. The van der Waals surface area contributed by atoms with Crippen LogP contribution in [0.25, 0.3) is 0 Å². The molecule has 1 aromatic carbocycles. The van der Waals surface area contributed by atoms with Crippen LogP contribution < -0.4 is 10.5 Å². The molecule has 9 heteroatoms. The number of methoxy groups -OCH3 is 1. The van der Waals surface area contributed by atoms with Gasteiger partial charge in [0.15, 0.2) is 0 Å². The van der Waals surface area contributed by atoms with Gasteiger partial charge in [-0.15, -0.1) is 23.7 Å². The highest BCUT2D eigenvalue weighted by Gasteiger charge is 2.28. The first-order valence-electron chi connectivity index (χ1n) is 8.18. The van der Waals surface area contributed by atoms with E-state index in [0.717, 1.165) is 9.75 Å². The monoisotopic (exact) mass is 429 g/mol. The van der Waals surface area contributed by atoms with Crippen molar-refractivity contribution in [3.63, 3.8) is 0 Å². The number of rotatable bonds is 3. The molecule has 1 fully saturated rings. The summed E-state index contributed by atoms with van der Waals surface area (Å²) in [6.45, 7) is 3.88. The lowest BCUT2D eigenvalue weighted by Gasteiger charge is -2.34. The van der Waals surface area contributed by atoms with Gasteiger partial charge >= 0.3 is 0 Å². The Labute approximate surface area is 173 Å². The summed E-state index contributed by atoms with van der Waals surface area (Å²) in [6.07, 6.45) is 0. The zero-order valence-corrected chi connectivity index (χ0v) is 17.4. The average Bonchev–Trinajstić information content (AvgIpc) is 3.09. The number of ether oxygens (including phenoxy) is 1. The molecule has 1 aromatic heterocycles. The topological polar surface area (TPSA) is 75.9 Å². The van der Waals surface area contributed by atoms with Crippen LogP contribution in [0.15, 0.2) is 24.3 Å². The van der Waals surface area contributed by atoms with Crippen molar-refractivity contribution in [2.24, 2.45) is 0 Å². The Morgan fingerprint density at radius 2 is 1.70 bits per heavy atom. The smallest absolute Gasteiger partial charge is 0.264 e. The maximum Gasteiger partial charge on any atom is 0.264 e. The SMILES string of the molecule is COc1cc(N)c(Cl)cc1C(=O)N1CCN(C(=O)c2ccc(C)s2)CC1.Cl. The number of piperazine rings is 1. The molecule has 6 nitrogen and oxygen atoms in total. The summed E-state index contributed by atoms with van der Waals surface area (Å²) in [6, 6.07) is 6.87. The maximum absolute atomic E-state index is 12.8. The molecule has 0 radical (unpaired) electrons. The van der Waals surface area contributed by atoms with Crippen LogP contribution in [0.3, 0.4) is 0 Å². The predicted molar refractivity (Wildman–Crippen MR) is 111 cm³/mol. The van der Waals surface area contributed by atoms with Gasteiger partial charge in [-0.3, -0.25) is 9.59 Å². The van der Waals surface area contributed by atoms with E-state index in [1.165, 1.54) is 24.5 Å². The van der Waals surface area contributed by atoms with Crippen LogP contribution in [0.1, 0.15) is 24.9 Å². The summed E-state index contributed by atoms with van der Waals surface area (Å²) in [4.78, 5) is 30.7. The van der Waals surface area contributed by atoms with Crippen molar-refractivity contribution < 1.29 is 14.3 Å². The van der Waals surface area contributed by atoms with E-state index in [0.29, 0.717) is 48.2 Å². The quantitative estimate of drug-likeness (QED) is 0.759. The van der Waals surface area contributed by atoms with Gasteiger partial charge in [0.05, 0.1) is 28.3 Å². The van der Waals surface area contributed by atoms with Gasteiger partial charge in [-0.2, -0.15) is 0 Å². The molecule has 1 aliphatic rings. The molecule has 0 spiro atoms. The van der Waals surface area contributed by atoms with Gasteiger partial charge in [0.25, 0.3) is 11.8 Å². The molecule has 1 aliphatic heterocycles. The van der Waals surface area contributed by atoms with E-state index in [-0.39, 0.29) is 24.2 Å². The van der Waals surface area contributed by atoms with E-state index in [4.69, 9.17) is 22.1 Å². The zero-order chi connectivity index (χ0) is 18.8. The zero-order valence-electron chi connectivity index (χ0n) is 15.0. The Morgan fingerprint density at radius 1 is 1.11 bits per heavy atom. The van der Waals surface area contributed by atoms with Gasteiger partial charge < -0.3 is 20.3 Å². The van der Waals surface area contributed by atoms with Gasteiger partial charge in [-0.05, 0) is 25.1 Å². The number of anilines is 1. The number of amides is 2. The van der Waals surface area contributed by atoms with Gasteiger partial charge in [-0.25, -0.2) is 0 Å². The highest BCUT2D eigenvalue weighted by molar-refractivity contribution is 7.13. The molecule has 0 atom stereocenters. The van der Waals surface area contributed by atoms with Crippen LogP contribution in [0, 0.1) is 6.92 Å². The molecule has 0 bridgehead atoms.